The number of rotatable bonds is 3. The van der Waals surface area contributed by atoms with Gasteiger partial charge >= 0.3 is 0 Å². The van der Waals surface area contributed by atoms with Gasteiger partial charge in [0.25, 0.3) is 0 Å². The smallest absolute Gasteiger partial charge is 0.222 e. The van der Waals surface area contributed by atoms with Gasteiger partial charge in [-0.15, -0.1) is 0 Å². The van der Waals surface area contributed by atoms with Gasteiger partial charge in [-0.2, -0.15) is 0 Å². The molecular weight excluding hydrogens is 154 g/mol. The lowest BCUT2D eigenvalue weighted by molar-refractivity contribution is -0.126. The van der Waals surface area contributed by atoms with Gasteiger partial charge in [-0.3, -0.25) is 4.79 Å². The zero-order valence-electron chi connectivity index (χ0n) is 8.04. The number of hydrogen-bond donors (Lipinski definition) is 0. The van der Waals surface area contributed by atoms with Crippen molar-refractivity contribution in [3.8, 4) is 0 Å². The summed E-state index contributed by atoms with van der Waals surface area (Å²) in [7, 11) is 1.84. The molecule has 0 radical (unpaired) electrons. The second kappa shape index (κ2) is 3.90. The number of carbonyl (C=O) groups excluding carboxylic acids is 1. The van der Waals surface area contributed by atoms with Crippen LogP contribution >= 0.6 is 0 Å². The Morgan fingerprint density at radius 1 is 1.67 bits per heavy atom. The number of nitrogens with zero attached hydrogens (tertiary/aromatic N) is 1. The summed E-state index contributed by atoms with van der Waals surface area (Å²) in [5, 5.41) is 0. The van der Waals surface area contributed by atoms with Crippen molar-refractivity contribution in [1.82, 2.24) is 4.90 Å². The molecule has 0 saturated carbocycles. The minimum Gasteiger partial charge on any atom is -0.378 e. The lowest BCUT2D eigenvalue weighted by atomic mass is 10.1. The van der Waals surface area contributed by atoms with Crippen LogP contribution in [0, 0.1) is 5.92 Å². The summed E-state index contributed by atoms with van der Waals surface area (Å²) in [6.07, 6.45) is 0.925. The number of hydrogen-bond acceptors (Lipinski definition) is 2. The van der Waals surface area contributed by atoms with Gasteiger partial charge in [-0.25, -0.2) is 0 Å². The molecule has 1 rings (SSSR count). The third kappa shape index (κ3) is 2.48. The van der Waals surface area contributed by atoms with Gasteiger partial charge in [0.05, 0.1) is 12.7 Å². The Morgan fingerprint density at radius 2 is 2.33 bits per heavy atom. The normalized spacial score (nSPS) is 24.2. The van der Waals surface area contributed by atoms with Gasteiger partial charge in [0, 0.05) is 25.9 Å². The van der Waals surface area contributed by atoms with Crippen LogP contribution in [0.25, 0.3) is 0 Å². The van der Waals surface area contributed by atoms with Crippen LogP contribution in [0.2, 0.25) is 0 Å². The Morgan fingerprint density at radius 3 is 2.75 bits per heavy atom. The van der Waals surface area contributed by atoms with Gasteiger partial charge in [-0.1, -0.05) is 0 Å². The van der Waals surface area contributed by atoms with Crippen molar-refractivity contribution in [2.24, 2.45) is 5.92 Å². The molecule has 0 aromatic heterocycles. The van der Waals surface area contributed by atoms with E-state index in [4.69, 9.17) is 4.74 Å². The highest BCUT2D eigenvalue weighted by molar-refractivity contribution is 5.78. The third-order valence-electron chi connectivity index (χ3n) is 2.09. The van der Waals surface area contributed by atoms with Crippen molar-refractivity contribution < 1.29 is 9.53 Å². The minimum absolute atomic E-state index is 0.243. The fourth-order valence-corrected chi connectivity index (χ4v) is 1.40. The van der Waals surface area contributed by atoms with E-state index in [0.29, 0.717) is 18.9 Å². The lowest BCUT2D eigenvalue weighted by Crippen LogP contribution is -2.20. The third-order valence-corrected chi connectivity index (χ3v) is 2.09. The minimum atomic E-state index is 0.243. The summed E-state index contributed by atoms with van der Waals surface area (Å²) < 4.78 is 5.44. The molecule has 0 aliphatic carbocycles. The standard InChI is InChI=1S/C9H17NO2/c1-7(2)12-6-8-4-9(11)10(3)5-8/h7-8H,4-6H2,1-3H3. The highest BCUT2D eigenvalue weighted by Crippen LogP contribution is 2.16. The first-order valence-corrected chi connectivity index (χ1v) is 4.45. The van der Waals surface area contributed by atoms with E-state index in [9.17, 15) is 4.79 Å². The summed E-state index contributed by atoms with van der Waals surface area (Å²) >= 11 is 0. The molecule has 0 spiro atoms. The van der Waals surface area contributed by atoms with Crippen LogP contribution in [0.4, 0.5) is 0 Å². The Bertz CT molecular complexity index is 168. The van der Waals surface area contributed by atoms with Crippen LogP contribution in [0.1, 0.15) is 20.3 Å². The van der Waals surface area contributed by atoms with E-state index >= 15 is 0 Å². The Labute approximate surface area is 73.7 Å². The van der Waals surface area contributed by atoms with Crippen molar-refractivity contribution >= 4 is 5.91 Å². The monoisotopic (exact) mass is 171 g/mol. The van der Waals surface area contributed by atoms with Crippen LogP contribution in [0.3, 0.4) is 0 Å². The van der Waals surface area contributed by atoms with Crippen LogP contribution < -0.4 is 0 Å². The van der Waals surface area contributed by atoms with Crippen LogP contribution in [-0.2, 0) is 9.53 Å². The highest BCUT2D eigenvalue weighted by Gasteiger charge is 2.26. The molecule has 0 N–H and O–H groups in total. The van der Waals surface area contributed by atoms with E-state index in [1.807, 2.05) is 20.9 Å². The van der Waals surface area contributed by atoms with Crippen molar-refractivity contribution in [2.45, 2.75) is 26.4 Å². The molecule has 1 amide bonds. The van der Waals surface area contributed by atoms with Gasteiger partial charge in [0.15, 0.2) is 0 Å². The Kier molecular flexibility index (Phi) is 3.09. The number of carbonyl (C=O) groups is 1. The second-order valence-corrected chi connectivity index (χ2v) is 3.73. The number of amides is 1. The van der Waals surface area contributed by atoms with Gasteiger partial charge in [0.1, 0.15) is 0 Å². The predicted octanol–water partition coefficient (Wildman–Crippen LogP) is 0.890. The Hall–Kier alpha value is -0.570. The molecule has 1 aliphatic heterocycles. The first-order valence-electron chi connectivity index (χ1n) is 4.45. The molecule has 70 valence electrons. The van der Waals surface area contributed by atoms with Crippen LogP contribution in [-0.4, -0.2) is 37.1 Å². The zero-order chi connectivity index (χ0) is 9.14. The molecule has 1 heterocycles. The fraction of sp³-hybridized carbons (Fsp3) is 0.889. The maximum Gasteiger partial charge on any atom is 0.222 e. The summed E-state index contributed by atoms with van der Waals surface area (Å²) in [6, 6.07) is 0. The summed E-state index contributed by atoms with van der Waals surface area (Å²) in [5.41, 5.74) is 0. The molecule has 1 fully saturated rings. The molecule has 1 atom stereocenters. The van der Waals surface area contributed by atoms with E-state index in [0.717, 1.165) is 6.54 Å². The molecule has 3 nitrogen and oxygen atoms in total. The molecule has 1 saturated heterocycles. The van der Waals surface area contributed by atoms with E-state index < -0.39 is 0 Å². The SMILES string of the molecule is CC(C)OCC1CC(=O)N(C)C1. The van der Waals surface area contributed by atoms with Gasteiger partial charge < -0.3 is 9.64 Å². The number of likely N-dealkylation sites (tertiary alicyclic amines) is 1. The molecule has 0 aromatic carbocycles. The number of ether oxygens (including phenoxy) is 1. The average molecular weight is 171 g/mol. The van der Waals surface area contributed by atoms with Gasteiger partial charge in [-0.05, 0) is 13.8 Å². The van der Waals surface area contributed by atoms with Gasteiger partial charge in [0.2, 0.25) is 5.91 Å². The molecule has 0 aromatic rings. The largest absolute Gasteiger partial charge is 0.378 e. The molecule has 0 bridgehead atoms. The first-order chi connectivity index (χ1) is 5.59. The zero-order valence-corrected chi connectivity index (χ0v) is 8.04. The topological polar surface area (TPSA) is 29.5 Å². The molecular formula is C9H17NO2. The van der Waals surface area contributed by atoms with E-state index in [-0.39, 0.29) is 12.0 Å². The summed E-state index contributed by atoms with van der Waals surface area (Å²) in [6.45, 7) is 5.60. The molecule has 12 heavy (non-hydrogen) atoms. The average Bonchev–Trinajstić information content (AvgIpc) is 2.28. The second-order valence-electron chi connectivity index (χ2n) is 3.73. The van der Waals surface area contributed by atoms with E-state index in [1.165, 1.54) is 0 Å². The van der Waals surface area contributed by atoms with E-state index in [2.05, 4.69) is 0 Å². The molecule has 1 aliphatic rings. The predicted molar refractivity (Wildman–Crippen MR) is 46.8 cm³/mol. The Balaban J connectivity index is 2.23. The van der Waals surface area contributed by atoms with Crippen LogP contribution in [0.15, 0.2) is 0 Å². The quantitative estimate of drug-likeness (QED) is 0.631. The first kappa shape index (κ1) is 9.52. The maximum absolute atomic E-state index is 11.1. The van der Waals surface area contributed by atoms with Crippen molar-refractivity contribution in [1.29, 1.82) is 0 Å². The maximum atomic E-state index is 11.1. The van der Waals surface area contributed by atoms with Crippen molar-refractivity contribution in [2.75, 3.05) is 20.2 Å². The highest BCUT2D eigenvalue weighted by atomic mass is 16.5. The lowest BCUT2D eigenvalue weighted by Gasteiger charge is -2.12. The molecule has 1 unspecified atom stereocenters. The van der Waals surface area contributed by atoms with Crippen LogP contribution in [0.5, 0.6) is 0 Å². The van der Waals surface area contributed by atoms with E-state index in [1.54, 1.807) is 4.90 Å². The fourth-order valence-electron chi connectivity index (χ4n) is 1.40. The van der Waals surface area contributed by atoms with Crippen molar-refractivity contribution in [3.63, 3.8) is 0 Å². The summed E-state index contributed by atoms with van der Waals surface area (Å²) in [4.78, 5) is 12.9. The molecule has 3 heteroatoms. The van der Waals surface area contributed by atoms with Crippen molar-refractivity contribution in [3.05, 3.63) is 0 Å². The summed E-state index contributed by atoms with van der Waals surface area (Å²) in [5.74, 6) is 0.650.